The lowest BCUT2D eigenvalue weighted by atomic mass is 10.3. The van der Waals surface area contributed by atoms with Crippen LogP contribution >= 0.6 is 0 Å². The quantitative estimate of drug-likeness (QED) is 0.852. The van der Waals surface area contributed by atoms with Gasteiger partial charge in [0, 0.05) is 12.6 Å². The van der Waals surface area contributed by atoms with Crippen molar-refractivity contribution in [2.75, 3.05) is 13.7 Å². The van der Waals surface area contributed by atoms with Crippen molar-refractivity contribution < 1.29 is 9.47 Å². The van der Waals surface area contributed by atoms with Gasteiger partial charge in [-0.05, 0) is 12.1 Å². The van der Waals surface area contributed by atoms with Crippen LogP contribution in [0.1, 0.15) is 0 Å². The van der Waals surface area contributed by atoms with Gasteiger partial charge in [-0.3, -0.25) is 4.68 Å². The smallest absolute Gasteiger partial charge is 0.165 e. The van der Waals surface area contributed by atoms with E-state index in [1.54, 1.807) is 18.0 Å². The molecule has 0 aliphatic carbocycles. The molecule has 0 fully saturated rings. The third-order valence-corrected chi connectivity index (χ3v) is 2.24. The van der Waals surface area contributed by atoms with E-state index in [2.05, 4.69) is 5.10 Å². The van der Waals surface area contributed by atoms with Crippen molar-refractivity contribution in [3.05, 3.63) is 36.7 Å². The Bertz CT molecular complexity index is 482. The lowest BCUT2D eigenvalue weighted by molar-refractivity contribution is 0.409. The van der Waals surface area contributed by atoms with E-state index in [0.29, 0.717) is 18.8 Å². The number of nitrogens with two attached hydrogens (primary N) is 1. The number of benzene rings is 1. The first-order valence-electron chi connectivity index (χ1n) is 5.36. The molecule has 2 aromatic rings. The molecule has 2 rings (SSSR count). The molecule has 0 saturated carbocycles. The number of hydrogen-bond donors (Lipinski definition) is 1. The molecule has 0 aliphatic heterocycles. The van der Waals surface area contributed by atoms with Crippen molar-refractivity contribution in [2.45, 2.75) is 6.54 Å². The van der Waals surface area contributed by atoms with Crippen LogP contribution in [0.15, 0.2) is 36.7 Å². The second-order valence-corrected chi connectivity index (χ2v) is 3.51. The van der Waals surface area contributed by atoms with Gasteiger partial charge in [-0.2, -0.15) is 5.10 Å². The summed E-state index contributed by atoms with van der Waals surface area (Å²) in [7, 11) is 1.62. The Kier molecular flexibility index (Phi) is 3.62. The Hall–Kier alpha value is -2.01. The maximum Gasteiger partial charge on any atom is 0.165 e. The molecular weight excluding hydrogens is 218 g/mol. The summed E-state index contributed by atoms with van der Waals surface area (Å²) in [6.07, 6.45) is 3.47. The highest BCUT2D eigenvalue weighted by Crippen LogP contribution is 2.24. The molecule has 1 aromatic heterocycles. The fraction of sp³-hybridized carbons (Fsp3) is 0.250. The predicted octanol–water partition coefficient (Wildman–Crippen LogP) is 1.64. The molecule has 90 valence electrons. The fourth-order valence-corrected chi connectivity index (χ4v) is 1.45. The van der Waals surface area contributed by atoms with E-state index in [9.17, 15) is 0 Å². The third-order valence-electron chi connectivity index (χ3n) is 2.24. The molecule has 17 heavy (non-hydrogen) atoms. The molecule has 0 bridgehead atoms. The molecule has 5 heteroatoms. The number of methoxy groups -OCH3 is 1. The van der Waals surface area contributed by atoms with Crippen molar-refractivity contribution in [3.63, 3.8) is 0 Å². The Labute approximate surface area is 99.8 Å². The van der Waals surface area contributed by atoms with E-state index >= 15 is 0 Å². The largest absolute Gasteiger partial charge is 0.497 e. The summed E-state index contributed by atoms with van der Waals surface area (Å²) in [4.78, 5) is 0. The number of nitrogens with zero attached hydrogens (tertiary/aromatic N) is 2. The Morgan fingerprint density at radius 3 is 2.88 bits per heavy atom. The number of aromatic nitrogens is 2. The summed E-state index contributed by atoms with van der Waals surface area (Å²) >= 11 is 0. The minimum absolute atomic E-state index is 0.556. The molecule has 5 nitrogen and oxygen atoms in total. The summed E-state index contributed by atoms with van der Waals surface area (Å²) in [5.74, 6) is 2.17. The maximum absolute atomic E-state index is 5.64. The van der Waals surface area contributed by atoms with Gasteiger partial charge in [-0.15, -0.1) is 0 Å². The highest BCUT2D eigenvalue weighted by atomic mass is 16.5. The van der Waals surface area contributed by atoms with Gasteiger partial charge in [0.15, 0.2) is 5.75 Å². The van der Waals surface area contributed by atoms with Crippen molar-refractivity contribution in [2.24, 2.45) is 5.73 Å². The van der Waals surface area contributed by atoms with Gasteiger partial charge in [-0.1, -0.05) is 6.07 Å². The van der Waals surface area contributed by atoms with Crippen LogP contribution in [0.25, 0.3) is 0 Å². The fourth-order valence-electron chi connectivity index (χ4n) is 1.45. The predicted molar refractivity (Wildman–Crippen MR) is 64.3 cm³/mol. The minimum Gasteiger partial charge on any atom is -0.497 e. The zero-order valence-corrected chi connectivity index (χ0v) is 9.67. The van der Waals surface area contributed by atoms with Crippen LogP contribution in [0.4, 0.5) is 0 Å². The normalized spacial score (nSPS) is 10.2. The topological polar surface area (TPSA) is 62.3 Å². The van der Waals surface area contributed by atoms with E-state index in [0.717, 1.165) is 11.5 Å². The molecule has 1 heterocycles. The molecule has 0 radical (unpaired) electrons. The minimum atomic E-state index is 0.556. The molecule has 0 atom stereocenters. The van der Waals surface area contributed by atoms with Crippen molar-refractivity contribution in [1.29, 1.82) is 0 Å². The standard InChI is InChI=1S/C12H15N3O2/c1-16-10-3-2-4-11(7-10)17-12-8-14-15(9-12)6-5-13/h2-4,7-9H,5-6,13H2,1H3. The first-order chi connectivity index (χ1) is 8.31. The van der Waals surface area contributed by atoms with Crippen molar-refractivity contribution >= 4 is 0 Å². The molecule has 0 spiro atoms. The highest BCUT2D eigenvalue weighted by Gasteiger charge is 2.02. The van der Waals surface area contributed by atoms with Crippen molar-refractivity contribution in [3.8, 4) is 17.2 Å². The van der Waals surface area contributed by atoms with E-state index in [1.165, 1.54) is 0 Å². The van der Waals surface area contributed by atoms with Gasteiger partial charge in [0.1, 0.15) is 11.5 Å². The third kappa shape index (κ3) is 2.98. The highest BCUT2D eigenvalue weighted by molar-refractivity contribution is 5.35. The summed E-state index contributed by atoms with van der Waals surface area (Å²) in [5.41, 5.74) is 5.44. The Morgan fingerprint density at radius 2 is 2.12 bits per heavy atom. The summed E-state index contributed by atoms with van der Waals surface area (Å²) in [6.45, 7) is 1.24. The summed E-state index contributed by atoms with van der Waals surface area (Å²) in [5, 5.41) is 4.13. The summed E-state index contributed by atoms with van der Waals surface area (Å²) in [6, 6.07) is 7.42. The van der Waals surface area contributed by atoms with E-state index in [-0.39, 0.29) is 0 Å². The van der Waals surface area contributed by atoms with Gasteiger partial charge in [0.2, 0.25) is 0 Å². The van der Waals surface area contributed by atoms with Crippen LogP contribution in [0, 0.1) is 0 Å². The number of ether oxygens (including phenoxy) is 2. The maximum atomic E-state index is 5.64. The van der Waals surface area contributed by atoms with Crippen LogP contribution in [0.5, 0.6) is 17.2 Å². The van der Waals surface area contributed by atoms with Gasteiger partial charge in [0.05, 0.1) is 26.0 Å². The molecular formula is C12H15N3O2. The van der Waals surface area contributed by atoms with Crippen molar-refractivity contribution in [1.82, 2.24) is 9.78 Å². The van der Waals surface area contributed by atoms with E-state index in [4.69, 9.17) is 15.2 Å². The number of hydrogen-bond acceptors (Lipinski definition) is 4. The molecule has 2 N–H and O–H groups in total. The van der Waals surface area contributed by atoms with Crippen LogP contribution in [-0.2, 0) is 6.54 Å². The molecule has 0 saturated heterocycles. The van der Waals surface area contributed by atoms with Gasteiger partial charge < -0.3 is 15.2 Å². The second kappa shape index (κ2) is 5.36. The lowest BCUT2D eigenvalue weighted by Crippen LogP contribution is -2.09. The van der Waals surface area contributed by atoms with Gasteiger partial charge >= 0.3 is 0 Å². The molecule has 0 unspecified atom stereocenters. The van der Waals surface area contributed by atoms with Crippen LogP contribution in [-0.4, -0.2) is 23.4 Å². The Morgan fingerprint density at radius 1 is 1.29 bits per heavy atom. The molecule has 0 aliphatic rings. The monoisotopic (exact) mass is 233 g/mol. The summed E-state index contributed by atoms with van der Waals surface area (Å²) < 4.78 is 12.5. The first-order valence-corrected chi connectivity index (χ1v) is 5.36. The van der Waals surface area contributed by atoms with Gasteiger partial charge in [-0.25, -0.2) is 0 Å². The van der Waals surface area contributed by atoms with Crippen LogP contribution in [0.3, 0.4) is 0 Å². The average molecular weight is 233 g/mol. The SMILES string of the molecule is COc1cccc(Oc2cnn(CCN)c2)c1. The number of rotatable bonds is 5. The van der Waals surface area contributed by atoms with Gasteiger partial charge in [0.25, 0.3) is 0 Å². The molecule has 1 aromatic carbocycles. The zero-order valence-electron chi connectivity index (χ0n) is 9.67. The van der Waals surface area contributed by atoms with E-state index in [1.807, 2.05) is 30.5 Å². The first kappa shape index (κ1) is 11.5. The molecule has 0 amide bonds. The zero-order chi connectivity index (χ0) is 12.1. The van der Waals surface area contributed by atoms with E-state index < -0.39 is 0 Å². The second-order valence-electron chi connectivity index (χ2n) is 3.51. The van der Waals surface area contributed by atoms with Crippen LogP contribution < -0.4 is 15.2 Å². The average Bonchev–Trinajstić information content (AvgIpc) is 2.77. The Balaban J connectivity index is 2.08. The van der Waals surface area contributed by atoms with Crippen LogP contribution in [0.2, 0.25) is 0 Å². The lowest BCUT2D eigenvalue weighted by Gasteiger charge is -2.04.